The first-order chi connectivity index (χ1) is 15.1. The molecule has 0 saturated carbocycles. The molecule has 1 heterocycles. The van der Waals surface area contributed by atoms with Crippen molar-refractivity contribution in [2.45, 2.75) is 0 Å². The zero-order chi connectivity index (χ0) is 21.4. The first-order valence-corrected chi connectivity index (χ1v) is 9.85. The van der Waals surface area contributed by atoms with Gasteiger partial charge in [-0.15, -0.1) is 0 Å². The van der Waals surface area contributed by atoms with Crippen LogP contribution in [-0.2, 0) is 0 Å². The minimum absolute atomic E-state index is 0.0545. The van der Waals surface area contributed by atoms with Crippen molar-refractivity contribution >= 4 is 27.4 Å². The van der Waals surface area contributed by atoms with E-state index in [0.29, 0.717) is 0 Å². The normalized spacial score (nSPS) is 11.0. The second-order valence-electron chi connectivity index (χ2n) is 7.31. The topological polar surface area (TPSA) is 65.3 Å². The molecule has 0 amide bonds. The molecule has 0 bridgehead atoms. The number of hydrogen-bond donors (Lipinski definition) is 0. The monoisotopic (exact) mass is 406 g/mol. The van der Waals surface area contributed by atoms with E-state index in [1.165, 1.54) is 6.07 Å². The van der Waals surface area contributed by atoms with Crippen LogP contribution in [0.15, 0.2) is 91.0 Å². The Labute approximate surface area is 178 Å². The van der Waals surface area contributed by atoms with Crippen LogP contribution >= 0.6 is 0 Å². The second-order valence-corrected chi connectivity index (χ2v) is 7.31. The Hall–Kier alpha value is -4.25. The van der Waals surface area contributed by atoms with Crippen LogP contribution < -0.4 is 4.74 Å². The smallest absolute Gasteiger partial charge is 0.270 e. The molecule has 0 aliphatic rings. The maximum atomic E-state index is 11.3. The molecule has 0 aliphatic carbocycles. The van der Waals surface area contributed by atoms with Crippen molar-refractivity contribution in [1.82, 2.24) is 4.98 Å². The predicted octanol–water partition coefficient (Wildman–Crippen LogP) is 6.64. The van der Waals surface area contributed by atoms with E-state index in [-0.39, 0.29) is 10.6 Å². The number of nitrogens with zero attached hydrogens (tertiary/aromatic N) is 2. The Bertz CT molecular complexity index is 1450. The number of fused-ring (bicyclic) bond motifs is 2. The molecule has 5 rings (SSSR count). The van der Waals surface area contributed by atoms with Crippen molar-refractivity contribution in [2.75, 3.05) is 7.11 Å². The van der Waals surface area contributed by atoms with E-state index < -0.39 is 0 Å². The van der Waals surface area contributed by atoms with Crippen LogP contribution in [0.5, 0.6) is 5.75 Å². The van der Waals surface area contributed by atoms with Gasteiger partial charge < -0.3 is 4.74 Å². The number of rotatable bonds is 4. The number of aromatic nitrogens is 1. The second kappa shape index (κ2) is 7.54. The molecular formula is C26H18N2O3. The summed E-state index contributed by atoms with van der Waals surface area (Å²) in [6, 6.07) is 28.9. The minimum Gasteiger partial charge on any atom is -0.497 e. The number of benzene rings is 4. The van der Waals surface area contributed by atoms with E-state index in [0.717, 1.165) is 49.8 Å². The molecule has 0 unspecified atom stereocenters. The van der Waals surface area contributed by atoms with Gasteiger partial charge in [-0.25, -0.2) is 4.98 Å². The average Bonchev–Trinajstić information content (AvgIpc) is 2.82. The van der Waals surface area contributed by atoms with Gasteiger partial charge in [0.15, 0.2) is 0 Å². The molecule has 5 nitrogen and oxygen atoms in total. The third kappa shape index (κ3) is 3.46. The Balaban J connectivity index is 1.73. The third-order valence-electron chi connectivity index (χ3n) is 5.43. The Kier molecular flexibility index (Phi) is 4.56. The molecule has 150 valence electrons. The van der Waals surface area contributed by atoms with Crippen LogP contribution in [0.3, 0.4) is 0 Å². The number of nitro groups is 1. The summed E-state index contributed by atoms with van der Waals surface area (Å²) < 4.78 is 5.32. The number of ether oxygens (including phenoxy) is 1. The van der Waals surface area contributed by atoms with Crippen LogP contribution in [0.25, 0.3) is 44.1 Å². The molecule has 5 heteroatoms. The first-order valence-electron chi connectivity index (χ1n) is 9.85. The summed E-state index contributed by atoms with van der Waals surface area (Å²) in [4.78, 5) is 15.8. The molecule has 0 atom stereocenters. The molecule has 0 radical (unpaired) electrons. The van der Waals surface area contributed by atoms with Crippen molar-refractivity contribution in [3.63, 3.8) is 0 Å². The summed E-state index contributed by atoms with van der Waals surface area (Å²) in [5.41, 5.74) is 4.48. The van der Waals surface area contributed by atoms with E-state index >= 15 is 0 Å². The summed E-state index contributed by atoms with van der Waals surface area (Å²) in [6.07, 6.45) is 0. The summed E-state index contributed by atoms with van der Waals surface area (Å²) in [5, 5.41) is 14.3. The highest BCUT2D eigenvalue weighted by atomic mass is 16.6. The van der Waals surface area contributed by atoms with Crippen LogP contribution in [0.1, 0.15) is 0 Å². The molecular weight excluding hydrogens is 388 g/mol. The lowest BCUT2D eigenvalue weighted by Crippen LogP contribution is -1.93. The Morgan fingerprint density at radius 3 is 2.35 bits per heavy atom. The van der Waals surface area contributed by atoms with Crippen LogP contribution in [-0.4, -0.2) is 17.0 Å². The quantitative estimate of drug-likeness (QED) is 0.248. The lowest BCUT2D eigenvalue weighted by Gasteiger charge is -2.11. The lowest BCUT2D eigenvalue weighted by molar-refractivity contribution is -0.384. The van der Waals surface area contributed by atoms with Gasteiger partial charge in [-0.1, -0.05) is 48.5 Å². The molecule has 0 saturated heterocycles. The van der Waals surface area contributed by atoms with Gasteiger partial charge in [0, 0.05) is 23.1 Å². The minimum atomic E-state index is -0.375. The average molecular weight is 406 g/mol. The van der Waals surface area contributed by atoms with Gasteiger partial charge in [-0.2, -0.15) is 0 Å². The third-order valence-corrected chi connectivity index (χ3v) is 5.43. The molecule has 0 N–H and O–H groups in total. The van der Waals surface area contributed by atoms with E-state index in [9.17, 15) is 10.1 Å². The first kappa shape index (κ1) is 18.8. The highest BCUT2D eigenvalue weighted by Crippen LogP contribution is 2.35. The molecule has 0 aliphatic heterocycles. The van der Waals surface area contributed by atoms with Gasteiger partial charge in [0.05, 0.1) is 23.2 Å². The summed E-state index contributed by atoms with van der Waals surface area (Å²) in [7, 11) is 1.66. The number of methoxy groups -OCH3 is 1. The van der Waals surface area contributed by atoms with Crippen LogP contribution in [0, 0.1) is 10.1 Å². The van der Waals surface area contributed by atoms with Crippen molar-refractivity contribution in [3.05, 3.63) is 101 Å². The zero-order valence-electron chi connectivity index (χ0n) is 16.8. The molecule has 0 spiro atoms. The van der Waals surface area contributed by atoms with Crippen LogP contribution in [0.2, 0.25) is 0 Å². The zero-order valence-corrected chi connectivity index (χ0v) is 16.8. The highest BCUT2D eigenvalue weighted by Gasteiger charge is 2.14. The van der Waals surface area contributed by atoms with E-state index in [2.05, 4.69) is 12.1 Å². The van der Waals surface area contributed by atoms with Crippen molar-refractivity contribution in [1.29, 1.82) is 0 Å². The number of non-ortho nitro benzene ring substituents is 1. The van der Waals surface area contributed by atoms with E-state index in [1.54, 1.807) is 19.2 Å². The van der Waals surface area contributed by atoms with Crippen LogP contribution in [0.4, 0.5) is 5.69 Å². The van der Waals surface area contributed by atoms with Gasteiger partial charge in [-0.05, 0) is 52.2 Å². The Morgan fingerprint density at radius 1 is 0.806 bits per heavy atom. The number of hydrogen-bond acceptors (Lipinski definition) is 4. The van der Waals surface area contributed by atoms with E-state index in [1.807, 2.05) is 60.7 Å². The van der Waals surface area contributed by atoms with Gasteiger partial charge in [-0.3, -0.25) is 10.1 Å². The summed E-state index contributed by atoms with van der Waals surface area (Å²) in [5.74, 6) is 0.817. The van der Waals surface area contributed by atoms with Crippen molar-refractivity contribution < 1.29 is 9.66 Å². The number of pyridine rings is 1. The van der Waals surface area contributed by atoms with Gasteiger partial charge in [0.25, 0.3) is 5.69 Å². The SMILES string of the molecule is COc1ccc2cc(-c3cc(-c4ccccc4)c4cc([N+](=O)[O-])ccc4n3)ccc2c1. The fourth-order valence-corrected chi connectivity index (χ4v) is 3.84. The largest absolute Gasteiger partial charge is 0.497 e. The maximum absolute atomic E-state index is 11.3. The maximum Gasteiger partial charge on any atom is 0.270 e. The van der Waals surface area contributed by atoms with Crippen molar-refractivity contribution in [3.8, 4) is 28.1 Å². The molecule has 4 aromatic carbocycles. The lowest BCUT2D eigenvalue weighted by atomic mass is 9.97. The summed E-state index contributed by atoms with van der Waals surface area (Å²) >= 11 is 0. The molecule has 31 heavy (non-hydrogen) atoms. The van der Waals surface area contributed by atoms with Gasteiger partial charge in [0.2, 0.25) is 0 Å². The Morgan fingerprint density at radius 2 is 1.58 bits per heavy atom. The predicted molar refractivity (Wildman–Crippen MR) is 123 cm³/mol. The fourth-order valence-electron chi connectivity index (χ4n) is 3.84. The standard InChI is InChI=1S/C26H18N2O3/c1-31-22-11-9-18-13-20(8-7-19(18)14-22)26-16-23(17-5-3-2-4-6-17)24-15-21(28(29)30)10-12-25(24)27-26/h2-16H,1H3. The molecule has 1 aromatic heterocycles. The van der Waals surface area contributed by atoms with Gasteiger partial charge in [0.1, 0.15) is 5.75 Å². The highest BCUT2D eigenvalue weighted by molar-refractivity contribution is 5.98. The molecule has 5 aromatic rings. The fraction of sp³-hybridized carbons (Fsp3) is 0.0385. The summed E-state index contributed by atoms with van der Waals surface area (Å²) in [6.45, 7) is 0. The number of nitro benzene ring substituents is 1. The van der Waals surface area contributed by atoms with Gasteiger partial charge >= 0.3 is 0 Å². The molecule has 0 fully saturated rings. The van der Waals surface area contributed by atoms with E-state index in [4.69, 9.17) is 9.72 Å². The van der Waals surface area contributed by atoms with Crippen molar-refractivity contribution in [2.24, 2.45) is 0 Å².